The van der Waals surface area contributed by atoms with Crippen molar-refractivity contribution in [3.8, 4) is 11.5 Å². The quantitative estimate of drug-likeness (QED) is 0.895. The maximum absolute atomic E-state index is 6.32. The maximum Gasteiger partial charge on any atom is 0.123 e. The van der Waals surface area contributed by atoms with Crippen LogP contribution in [0.15, 0.2) is 24.3 Å². The Balaban J connectivity index is 2.08. The first kappa shape index (κ1) is 13.2. The van der Waals surface area contributed by atoms with E-state index in [4.69, 9.17) is 15.2 Å². The molecule has 1 saturated carbocycles. The zero-order valence-corrected chi connectivity index (χ0v) is 11.5. The van der Waals surface area contributed by atoms with E-state index in [9.17, 15) is 0 Å². The van der Waals surface area contributed by atoms with Crippen LogP contribution in [0.25, 0.3) is 0 Å². The van der Waals surface area contributed by atoms with E-state index < -0.39 is 0 Å². The van der Waals surface area contributed by atoms with Gasteiger partial charge in [-0.3, -0.25) is 0 Å². The van der Waals surface area contributed by atoms with E-state index >= 15 is 0 Å². The first-order valence-corrected chi connectivity index (χ1v) is 6.59. The zero-order valence-electron chi connectivity index (χ0n) is 11.5. The molecule has 2 unspecified atom stereocenters. The normalized spacial score (nSPS) is 26.7. The predicted octanol–water partition coefficient (Wildman–Crippen LogP) is 2.98. The van der Waals surface area contributed by atoms with Gasteiger partial charge >= 0.3 is 0 Å². The molecule has 3 heteroatoms. The Labute approximate surface area is 109 Å². The summed E-state index contributed by atoms with van der Waals surface area (Å²) < 4.78 is 11.2. The van der Waals surface area contributed by atoms with Crippen molar-refractivity contribution in [2.24, 2.45) is 11.1 Å². The predicted molar refractivity (Wildman–Crippen MR) is 73.0 cm³/mol. The third kappa shape index (κ3) is 2.78. The summed E-state index contributed by atoms with van der Waals surface area (Å²) in [6.07, 6.45) is 3.48. The molecule has 1 fully saturated rings. The second-order valence-electron chi connectivity index (χ2n) is 5.74. The highest BCUT2D eigenvalue weighted by Gasteiger charge is 2.37. The van der Waals surface area contributed by atoms with Crippen LogP contribution in [0.1, 0.15) is 33.1 Å². The molecule has 1 aromatic rings. The number of methoxy groups -OCH3 is 1. The van der Waals surface area contributed by atoms with E-state index in [1.165, 1.54) is 12.8 Å². The summed E-state index contributed by atoms with van der Waals surface area (Å²) in [4.78, 5) is 0. The molecule has 2 atom stereocenters. The molecule has 0 aliphatic heterocycles. The fourth-order valence-corrected chi connectivity index (χ4v) is 2.59. The molecule has 0 radical (unpaired) electrons. The molecular weight excluding hydrogens is 226 g/mol. The van der Waals surface area contributed by atoms with Crippen molar-refractivity contribution < 1.29 is 9.47 Å². The van der Waals surface area contributed by atoms with Crippen LogP contribution in [0.4, 0.5) is 0 Å². The molecule has 18 heavy (non-hydrogen) atoms. The van der Waals surface area contributed by atoms with Crippen molar-refractivity contribution in [1.29, 1.82) is 0 Å². The highest BCUT2D eigenvalue weighted by atomic mass is 16.5. The van der Waals surface area contributed by atoms with Gasteiger partial charge in [-0.25, -0.2) is 0 Å². The standard InChI is InChI=1S/C15H23NO2/c1-15(2)9-5-8-13(14(15)16)18-12-7-4-6-11(10-12)17-3/h4,6-7,10,13-14H,5,8-9,16H2,1-3H3. The smallest absolute Gasteiger partial charge is 0.123 e. The lowest BCUT2D eigenvalue weighted by atomic mass is 9.72. The van der Waals surface area contributed by atoms with Crippen LogP contribution >= 0.6 is 0 Å². The molecule has 0 heterocycles. The van der Waals surface area contributed by atoms with Gasteiger partial charge in [0.25, 0.3) is 0 Å². The van der Waals surface area contributed by atoms with Crippen LogP contribution in [0.2, 0.25) is 0 Å². The average Bonchev–Trinajstić information content (AvgIpc) is 2.35. The molecule has 0 bridgehead atoms. The molecular formula is C15H23NO2. The fourth-order valence-electron chi connectivity index (χ4n) is 2.59. The largest absolute Gasteiger partial charge is 0.497 e. The van der Waals surface area contributed by atoms with E-state index in [1.54, 1.807) is 7.11 Å². The van der Waals surface area contributed by atoms with Crippen LogP contribution < -0.4 is 15.2 Å². The number of ether oxygens (including phenoxy) is 2. The van der Waals surface area contributed by atoms with Gasteiger partial charge in [-0.2, -0.15) is 0 Å². The molecule has 0 amide bonds. The Morgan fingerprint density at radius 2 is 2.00 bits per heavy atom. The molecule has 100 valence electrons. The lowest BCUT2D eigenvalue weighted by Crippen LogP contribution is -2.51. The van der Waals surface area contributed by atoms with Crippen molar-refractivity contribution in [1.82, 2.24) is 0 Å². The van der Waals surface area contributed by atoms with E-state index in [0.29, 0.717) is 0 Å². The van der Waals surface area contributed by atoms with Crippen LogP contribution in [-0.2, 0) is 0 Å². The van der Waals surface area contributed by atoms with Gasteiger partial charge in [0.2, 0.25) is 0 Å². The maximum atomic E-state index is 6.32. The zero-order chi connectivity index (χ0) is 13.2. The van der Waals surface area contributed by atoms with Crippen molar-refractivity contribution >= 4 is 0 Å². The number of nitrogens with two attached hydrogens (primary N) is 1. The first-order chi connectivity index (χ1) is 8.53. The van der Waals surface area contributed by atoms with Gasteiger partial charge in [0.1, 0.15) is 17.6 Å². The van der Waals surface area contributed by atoms with Gasteiger partial charge < -0.3 is 15.2 Å². The Morgan fingerprint density at radius 1 is 1.28 bits per heavy atom. The summed E-state index contributed by atoms with van der Waals surface area (Å²) in [5.41, 5.74) is 6.47. The Kier molecular flexibility index (Phi) is 3.81. The number of hydrogen-bond donors (Lipinski definition) is 1. The lowest BCUT2D eigenvalue weighted by Gasteiger charge is -2.41. The summed E-state index contributed by atoms with van der Waals surface area (Å²) >= 11 is 0. The first-order valence-electron chi connectivity index (χ1n) is 6.59. The number of benzene rings is 1. The Morgan fingerprint density at radius 3 is 2.72 bits per heavy atom. The summed E-state index contributed by atoms with van der Waals surface area (Å²) in [5.74, 6) is 1.66. The topological polar surface area (TPSA) is 44.5 Å². The van der Waals surface area contributed by atoms with E-state index in [-0.39, 0.29) is 17.6 Å². The SMILES string of the molecule is COc1cccc(OC2CCCC(C)(C)C2N)c1. The Bertz CT molecular complexity index is 403. The van der Waals surface area contributed by atoms with Crippen molar-refractivity contribution in [2.45, 2.75) is 45.3 Å². The second-order valence-corrected chi connectivity index (χ2v) is 5.74. The minimum absolute atomic E-state index is 0.0810. The lowest BCUT2D eigenvalue weighted by molar-refractivity contribution is 0.0566. The third-order valence-corrected chi connectivity index (χ3v) is 3.94. The molecule has 2 N–H and O–H groups in total. The monoisotopic (exact) mass is 249 g/mol. The van der Waals surface area contributed by atoms with Gasteiger partial charge in [-0.1, -0.05) is 19.9 Å². The number of hydrogen-bond acceptors (Lipinski definition) is 3. The highest BCUT2D eigenvalue weighted by molar-refractivity contribution is 5.33. The number of rotatable bonds is 3. The molecule has 2 rings (SSSR count). The highest BCUT2D eigenvalue weighted by Crippen LogP contribution is 2.36. The van der Waals surface area contributed by atoms with Crippen LogP contribution in [0, 0.1) is 5.41 Å². The second kappa shape index (κ2) is 5.19. The van der Waals surface area contributed by atoms with E-state index in [2.05, 4.69) is 13.8 Å². The van der Waals surface area contributed by atoms with E-state index in [0.717, 1.165) is 17.9 Å². The summed E-state index contributed by atoms with van der Waals surface area (Å²) in [5, 5.41) is 0. The molecule has 0 spiro atoms. The van der Waals surface area contributed by atoms with Crippen LogP contribution in [0.5, 0.6) is 11.5 Å². The third-order valence-electron chi connectivity index (χ3n) is 3.94. The molecule has 1 aliphatic carbocycles. The molecule has 1 aliphatic rings. The average molecular weight is 249 g/mol. The molecule has 0 aromatic heterocycles. The molecule has 0 saturated heterocycles. The minimum atomic E-state index is 0.0810. The van der Waals surface area contributed by atoms with Crippen molar-refractivity contribution in [3.63, 3.8) is 0 Å². The van der Waals surface area contributed by atoms with Crippen LogP contribution in [-0.4, -0.2) is 19.3 Å². The van der Waals surface area contributed by atoms with Crippen LogP contribution in [0.3, 0.4) is 0 Å². The Hall–Kier alpha value is -1.22. The van der Waals surface area contributed by atoms with Gasteiger partial charge in [0.15, 0.2) is 0 Å². The van der Waals surface area contributed by atoms with Gasteiger partial charge in [0.05, 0.1) is 7.11 Å². The van der Waals surface area contributed by atoms with E-state index in [1.807, 2.05) is 24.3 Å². The van der Waals surface area contributed by atoms with Gasteiger partial charge in [0, 0.05) is 12.1 Å². The summed E-state index contributed by atoms with van der Waals surface area (Å²) in [7, 11) is 1.66. The van der Waals surface area contributed by atoms with Gasteiger partial charge in [-0.15, -0.1) is 0 Å². The van der Waals surface area contributed by atoms with Crippen molar-refractivity contribution in [3.05, 3.63) is 24.3 Å². The molecule has 3 nitrogen and oxygen atoms in total. The summed E-state index contributed by atoms with van der Waals surface area (Å²) in [6.45, 7) is 4.44. The van der Waals surface area contributed by atoms with Gasteiger partial charge in [-0.05, 0) is 36.8 Å². The fraction of sp³-hybridized carbons (Fsp3) is 0.600. The summed E-state index contributed by atoms with van der Waals surface area (Å²) in [6, 6.07) is 7.80. The minimum Gasteiger partial charge on any atom is -0.497 e. The molecule has 1 aromatic carbocycles. The van der Waals surface area contributed by atoms with Crippen molar-refractivity contribution in [2.75, 3.05) is 7.11 Å².